The van der Waals surface area contributed by atoms with Crippen molar-refractivity contribution in [2.45, 2.75) is 52.7 Å². The average Bonchev–Trinajstić information content (AvgIpc) is 3.13. The van der Waals surface area contributed by atoms with Crippen molar-refractivity contribution < 1.29 is 9.53 Å². The van der Waals surface area contributed by atoms with Crippen LogP contribution in [0.25, 0.3) is 0 Å². The second kappa shape index (κ2) is 13.4. The van der Waals surface area contributed by atoms with Gasteiger partial charge in [-0.15, -0.1) is 35.3 Å². The van der Waals surface area contributed by atoms with E-state index in [-0.39, 0.29) is 36.0 Å². The summed E-state index contributed by atoms with van der Waals surface area (Å²) < 4.78 is 5.77. The molecule has 0 aliphatic carbocycles. The largest absolute Gasteiger partial charge is 0.378 e. The minimum Gasteiger partial charge on any atom is -0.378 e. The van der Waals surface area contributed by atoms with Gasteiger partial charge >= 0.3 is 0 Å². The molecule has 2 rings (SSSR count). The Bertz CT molecular complexity index is 621. The van der Waals surface area contributed by atoms with Crippen molar-refractivity contribution in [3.05, 3.63) is 21.9 Å². The monoisotopic (exact) mass is 522 g/mol. The van der Waals surface area contributed by atoms with Crippen molar-refractivity contribution in [3.8, 4) is 0 Å². The smallest absolute Gasteiger partial charge is 0.224 e. The van der Waals surface area contributed by atoms with Crippen LogP contribution in [0.2, 0.25) is 0 Å². The van der Waals surface area contributed by atoms with E-state index in [1.165, 1.54) is 10.4 Å². The van der Waals surface area contributed by atoms with Crippen LogP contribution in [0.15, 0.2) is 16.4 Å². The molecule has 1 aliphatic heterocycles. The highest BCUT2D eigenvalue weighted by Gasteiger charge is 2.21. The van der Waals surface area contributed by atoms with Crippen LogP contribution in [0.5, 0.6) is 0 Å². The zero-order valence-corrected chi connectivity index (χ0v) is 20.6. The molecule has 2 heterocycles. The highest BCUT2D eigenvalue weighted by atomic mass is 127. The normalized spacial score (nSPS) is 15.0. The third kappa shape index (κ3) is 7.87. The fourth-order valence-electron chi connectivity index (χ4n) is 3.28. The van der Waals surface area contributed by atoms with Crippen molar-refractivity contribution in [2.75, 3.05) is 33.3 Å². The van der Waals surface area contributed by atoms with Gasteiger partial charge in [0.25, 0.3) is 0 Å². The fraction of sp³-hybridized carbons (Fsp3) is 0.700. The van der Waals surface area contributed by atoms with E-state index >= 15 is 0 Å². The van der Waals surface area contributed by atoms with Crippen LogP contribution in [0.3, 0.4) is 0 Å². The first-order valence-corrected chi connectivity index (χ1v) is 10.8. The Morgan fingerprint density at radius 1 is 1.36 bits per heavy atom. The number of hydrogen-bond donors (Lipinski definition) is 2. The Labute approximate surface area is 190 Å². The molecule has 1 aromatic heterocycles. The number of ether oxygens (including phenoxy) is 1. The van der Waals surface area contributed by atoms with Crippen molar-refractivity contribution >= 4 is 47.2 Å². The molecular formula is C20H35IN4O2S. The highest BCUT2D eigenvalue weighted by Crippen LogP contribution is 2.24. The van der Waals surface area contributed by atoms with Crippen LogP contribution >= 0.6 is 35.3 Å². The summed E-state index contributed by atoms with van der Waals surface area (Å²) in [6.45, 7) is 10.1. The quantitative estimate of drug-likeness (QED) is 0.297. The van der Waals surface area contributed by atoms with E-state index in [1.807, 2.05) is 11.8 Å². The maximum Gasteiger partial charge on any atom is 0.224 e. The molecule has 0 aromatic carbocycles. The summed E-state index contributed by atoms with van der Waals surface area (Å²) in [5.74, 6) is 1.43. The maximum absolute atomic E-state index is 12.5. The summed E-state index contributed by atoms with van der Waals surface area (Å²) in [5.41, 5.74) is 1.30. The van der Waals surface area contributed by atoms with Crippen LogP contribution in [-0.2, 0) is 22.5 Å². The van der Waals surface area contributed by atoms with Gasteiger partial charge in [-0.25, -0.2) is 0 Å². The number of carbonyl (C=O) groups excluding carboxylic acids is 1. The maximum atomic E-state index is 12.5. The van der Waals surface area contributed by atoms with Gasteiger partial charge in [0.05, 0.1) is 6.10 Å². The van der Waals surface area contributed by atoms with E-state index < -0.39 is 0 Å². The van der Waals surface area contributed by atoms with Gasteiger partial charge in [0.1, 0.15) is 0 Å². The standard InChI is InChI=1S/C20H34N4O2S.HI/c1-5-26-17(15(2)3)6-10-22-20(21-4)23-11-7-19(25)24-12-8-18-16(14-24)9-13-27-18;/h9,13,15,17H,5-8,10-12,14H2,1-4H3,(H2,21,22,23);1H. The Balaban J connectivity index is 0.00000392. The molecule has 160 valence electrons. The Hall–Kier alpha value is -0.870. The SMILES string of the molecule is CCOC(CCNC(=NC)NCCC(=O)N1CCc2sccc2C1)C(C)C.I. The van der Waals surface area contributed by atoms with Crippen LogP contribution in [0.1, 0.15) is 44.1 Å². The summed E-state index contributed by atoms with van der Waals surface area (Å²) in [5, 5.41) is 8.67. The van der Waals surface area contributed by atoms with Gasteiger partial charge in [-0.1, -0.05) is 13.8 Å². The van der Waals surface area contributed by atoms with E-state index in [0.29, 0.717) is 18.9 Å². The average molecular weight is 522 g/mol. The highest BCUT2D eigenvalue weighted by molar-refractivity contribution is 14.0. The molecule has 1 atom stereocenters. The molecule has 6 nitrogen and oxygen atoms in total. The number of halogens is 1. The molecule has 0 saturated carbocycles. The summed E-state index contributed by atoms with van der Waals surface area (Å²) in [6, 6.07) is 2.14. The van der Waals surface area contributed by atoms with Crippen molar-refractivity contribution in [1.29, 1.82) is 0 Å². The molecule has 1 aromatic rings. The fourth-order valence-corrected chi connectivity index (χ4v) is 4.17. The lowest BCUT2D eigenvalue weighted by molar-refractivity contribution is -0.131. The molecule has 0 fully saturated rings. The molecular weight excluding hydrogens is 487 g/mol. The van der Waals surface area contributed by atoms with Crippen LogP contribution in [-0.4, -0.2) is 56.2 Å². The van der Waals surface area contributed by atoms with Gasteiger partial charge in [-0.3, -0.25) is 9.79 Å². The molecule has 1 unspecified atom stereocenters. The molecule has 8 heteroatoms. The van der Waals surface area contributed by atoms with Gasteiger partial charge in [0.2, 0.25) is 5.91 Å². The molecule has 0 spiro atoms. The van der Waals surface area contributed by atoms with E-state index in [1.54, 1.807) is 18.4 Å². The van der Waals surface area contributed by atoms with Crippen molar-refractivity contribution in [1.82, 2.24) is 15.5 Å². The number of rotatable bonds is 9. The summed E-state index contributed by atoms with van der Waals surface area (Å²) in [7, 11) is 1.75. The Morgan fingerprint density at radius 2 is 2.11 bits per heavy atom. The zero-order valence-electron chi connectivity index (χ0n) is 17.5. The van der Waals surface area contributed by atoms with Gasteiger partial charge in [0.15, 0.2) is 5.96 Å². The zero-order chi connectivity index (χ0) is 19.6. The van der Waals surface area contributed by atoms with Crippen LogP contribution < -0.4 is 10.6 Å². The number of nitrogens with one attached hydrogen (secondary N) is 2. The third-order valence-electron chi connectivity index (χ3n) is 4.86. The number of carbonyl (C=O) groups is 1. The predicted molar refractivity (Wildman–Crippen MR) is 128 cm³/mol. The number of hydrogen-bond acceptors (Lipinski definition) is 4. The topological polar surface area (TPSA) is 66.0 Å². The van der Waals surface area contributed by atoms with E-state index in [4.69, 9.17) is 4.74 Å². The molecule has 1 aliphatic rings. The number of amides is 1. The van der Waals surface area contributed by atoms with Gasteiger partial charge < -0.3 is 20.3 Å². The van der Waals surface area contributed by atoms with Crippen LogP contribution in [0, 0.1) is 5.92 Å². The number of aliphatic imine (C=N–C) groups is 1. The molecule has 1 amide bonds. The number of nitrogens with zero attached hydrogens (tertiary/aromatic N) is 2. The lowest BCUT2D eigenvalue weighted by atomic mass is 10.0. The third-order valence-corrected chi connectivity index (χ3v) is 5.88. The second-order valence-corrected chi connectivity index (χ2v) is 8.14. The van der Waals surface area contributed by atoms with Crippen molar-refractivity contribution in [3.63, 3.8) is 0 Å². The summed E-state index contributed by atoms with van der Waals surface area (Å²) >= 11 is 1.79. The van der Waals surface area contributed by atoms with Crippen molar-refractivity contribution in [2.24, 2.45) is 10.9 Å². The Kier molecular flexibility index (Phi) is 12.0. The molecule has 0 radical (unpaired) electrons. The first kappa shape index (κ1) is 25.2. The first-order valence-electron chi connectivity index (χ1n) is 9.94. The molecule has 28 heavy (non-hydrogen) atoms. The predicted octanol–water partition coefficient (Wildman–Crippen LogP) is 3.26. The molecule has 0 saturated heterocycles. The minimum atomic E-state index is 0. The summed E-state index contributed by atoms with van der Waals surface area (Å²) in [6.07, 6.45) is 2.64. The number of thiophene rings is 1. The van der Waals surface area contributed by atoms with Crippen LogP contribution in [0.4, 0.5) is 0 Å². The molecule has 0 bridgehead atoms. The van der Waals surface area contributed by atoms with Gasteiger partial charge in [-0.2, -0.15) is 0 Å². The second-order valence-electron chi connectivity index (χ2n) is 7.14. The number of guanidine groups is 1. The van der Waals surface area contributed by atoms with Gasteiger partial charge in [0, 0.05) is 51.1 Å². The lowest BCUT2D eigenvalue weighted by Crippen LogP contribution is -2.42. The van der Waals surface area contributed by atoms with E-state index in [2.05, 4.69) is 40.9 Å². The van der Waals surface area contributed by atoms with E-state index in [9.17, 15) is 4.79 Å². The summed E-state index contributed by atoms with van der Waals surface area (Å²) in [4.78, 5) is 20.1. The number of fused-ring (bicyclic) bond motifs is 1. The first-order chi connectivity index (χ1) is 13.0. The Morgan fingerprint density at radius 3 is 2.79 bits per heavy atom. The minimum absolute atomic E-state index is 0. The van der Waals surface area contributed by atoms with Gasteiger partial charge in [-0.05, 0) is 42.7 Å². The molecule has 2 N–H and O–H groups in total. The van der Waals surface area contributed by atoms with E-state index in [0.717, 1.165) is 45.0 Å². The lowest BCUT2D eigenvalue weighted by Gasteiger charge is -2.27.